The van der Waals surface area contributed by atoms with Crippen LogP contribution in [0.25, 0.3) is 0 Å². The Kier molecular flexibility index (Phi) is 6.40. The maximum atomic E-state index is 2.40. The van der Waals surface area contributed by atoms with E-state index >= 15 is 0 Å². The summed E-state index contributed by atoms with van der Waals surface area (Å²) in [5.41, 5.74) is 0. The molecule has 1 aliphatic carbocycles. The highest BCUT2D eigenvalue weighted by molar-refractivity contribution is 4.70. The molecule has 80 valence electrons. The zero-order chi connectivity index (χ0) is 8.97. The van der Waals surface area contributed by atoms with Crippen molar-refractivity contribution in [2.24, 2.45) is 17.8 Å². The molecule has 0 heterocycles. The molecule has 1 aliphatic rings. The molecule has 0 radical (unpaired) electrons. The number of hydrogen-bond donors (Lipinski definition) is 0. The molecule has 0 aromatic heterocycles. The van der Waals surface area contributed by atoms with E-state index < -0.39 is 0 Å². The van der Waals surface area contributed by atoms with Crippen LogP contribution in [-0.4, -0.2) is 5.48 Å². The first-order valence-corrected chi connectivity index (χ1v) is 5.68. The van der Waals surface area contributed by atoms with Gasteiger partial charge in [0.1, 0.15) is 0 Å². The zero-order valence-corrected chi connectivity index (χ0v) is 9.47. The molecule has 0 atom stereocenters. The molecule has 0 unspecified atom stereocenters. The summed E-state index contributed by atoms with van der Waals surface area (Å²) in [6, 6.07) is 0. The summed E-state index contributed by atoms with van der Waals surface area (Å²) >= 11 is 0. The molecule has 1 saturated carbocycles. The first-order chi connectivity index (χ1) is 5.68. The van der Waals surface area contributed by atoms with Gasteiger partial charge >= 0.3 is 0 Å². The van der Waals surface area contributed by atoms with E-state index in [0.29, 0.717) is 0 Å². The summed E-state index contributed by atoms with van der Waals surface area (Å²) in [7, 11) is 0. The lowest BCUT2D eigenvalue weighted by atomic mass is 9.80. The second-order valence-electron chi connectivity index (χ2n) is 5.10. The average Bonchev–Trinajstić information content (AvgIpc) is 2.03. The van der Waals surface area contributed by atoms with E-state index in [0.717, 1.165) is 17.8 Å². The van der Waals surface area contributed by atoms with E-state index in [4.69, 9.17) is 0 Å². The molecule has 0 saturated heterocycles. The van der Waals surface area contributed by atoms with Gasteiger partial charge in [0.25, 0.3) is 0 Å². The SMILES string of the molecule is CC(C)CCC1CCC(C)CC1.O. The van der Waals surface area contributed by atoms with Crippen LogP contribution in [0, 0.1) is 17.8 Å². The van der Waals surface area contributed by atoms with Gasteiger partial charge in [0.2, 0.25) is 0 Å². The summed E-state index contributed by atoms with van der Waals surface area (Å²) in [4.78, 5) is 0. The Morgan fingerprint density at radius 3 is 2.08 bits per heavy atom. The maximum Gasteiger partial charge on any atom is -0.0414 e. The minimum Gasteiger partial charge on any atom is -0.412 e. The second kappa shape index (κ2) is 6.42. The number of rotatable bonds is 3. The molecule has 13 heavy (non-hydrogen) atoms. The van der Waals surface area contributed by atoms with Gasteiger partial charge in [-0.15, -0.1) is 0 Å². The van der Waals surface area contributed by atoms with Crippen LogP contribution in [0.5, 0.6) is 0 Å². The van der Waals surface area contributed by atoms with Gasteiger partial charge in [-0.1, -0.05) is 59.3 Å². The van der Waals surface area contributed by atoms with E-state index in [-0.39, 0.29) is 5.48 Å². The molecular formula is C12H26O. The van der Waals surface area contributed by atoms with Crippen LogP contribution >= 0.6 is 0 Å². The van der Waals surface area contributed by atoms with Gasteiger partial charge < -0.3 is 5.48 Å². The first kappa shape index (κ1) is 13.0. The Labute approximate surface area is 83.2 Å². The lowest BCUT2D eigenvalue weighted by molar-refractivity contribution is 0.265. The predicted molar refractivity (Wildman–Crippen MR) is 58.8 cm³/mol. The van der Waals surface area contributed by atoms with Crippen LogP contribution in [0.15, 0.2) is 0 Å². The summed E-state index contributed by atoms with van der Waals surface area (Å²) in [6.45, 7) is 7.08. The van der Waals surface area contributed by atoms with Crippen molar-refractivity contribution >= 4 is 0 Å². The van der Waals surface area contributed by atoms with Crippen LogP contribution in [0.3, 0.4) is 0 Å². The third kappa shape index (κ3) is 5.30. The predicted octanol–water partition coefficient (Wildman–Crippen LogP) is 3.42. The van der Waals surface area contributed by atoms with Crippen LogP contribution in [0.1, 0.15) is 59.3 Å². The van der Waals surface area contributed by atoms with E-state index in [2.05, 4.69) is 20.8 Å². The molecule has 1 rings (SSSR count). The molecular weight excluding hydrogens is 160 g/mol. The Morgan fingerprint density at radius 1 is 1.08 bits per heavy atom. The van der Waals surface area contributed by atoms with E-state index in [1.807, 2.05) is 0 Å². The fourth-order valence-corrected chi connectivity index (χ4v) is 2.19. The summed E-state index contributed by atoms with van der Waals surface area (Å²) in [5.74, 6) is 2.99. The van der Waals surface area contributed by atoms with Gasteiger partial charge in [-0.2, -0.15) is 0 Å². The summed E-state index contributed by atoms with van der Waals surface area (Å²) < 4.78 is 0. The Hall–Kier alpha value is -0.0400. The minimum atomic E-state index is 0. The van der Waals surface area contributed by atoms with Gasteiger partial charge in [-0.25, -0.2) is 0 Å². The monoisotopic (exact) mass is 186 g/mol. The topological polar surface area (TPSA) is 31.5 Å². The van der Waals surface area contributed by atoms with Gasteiger partial charge in [0, 0.05) is 0 Å². The van der Waals surface area contributed by atoms with Crippen molar-refractivity contribution in [1.82, 2.24) is 0 Å². The van der Waals surface area contributed by atoms with Gasteiger partial charge in [0.15, 0.2) is 0 Å². The highest BCUT2D eigenvalue weighted by atomic mass is 16.0. The lowest BCUT2D eigenvalue weighted by Gasteiger charge is -2.26. The van der Waals surface area contributed by atoms with Crippen LogP contribution < -0.4 is 0 Å². The first-order valence-electron chi connectivity index (χ1n) is 5.68. The quantitative estimate of drug-likeness (QED) is 0.647. The highest BCUT2D eigenvalue weighted by Gasteiger charge is 2.17. The van der Waals surface area contributed by atoms with Crippen LogP contribution in [-0.2, 0) is 0 Å². The third-order valence-electron chi connectivity index (χ3n) is 3.29. The Bertz CT molecular complexity index is 112. The molecule has 0 bridgehead atoms. The minimum absolute atomic E-state index is 0. The fraction of sp³-hybridized carbons (Fsp3) is 1.00. The Balaban J connectivity index is 0.00000144. The summed E-state index contributed by atoms with van der Waals surface area (Å²) in [6.07, 6.45) is 8.93. The molecule has 1 fully saturated rings. The van der Waals surface area contributed by atoms with Gasteiger partial charge in [0.05, 0.1) is 0 Å². The van der Waals surface area contributed by atoms with Crippen LogP contribution in [0.4, 0.5) is 0 Å². The van der Waals surface area contributed by atoms with E-state index in [9.17, 15) is 0 Å². The zero-order valence-electron chi connectivity index (χ0n) is 9.47. The van der Waals surface area contributed by atoms with Gasteiger partial charge in [-0.3, -0.25) is 0 Å². The van der Waals surface area contributed by atoms with Crippen molar-refractivity contribution in [3.63, 3.8) is 0 Å². The lowest BCUT2D eigenvalue weighted by Crippen LogP contribution is -2.12. The van der Waals surface area contributed by atoms with Crippen molar-refractivity contribution < 1.29 is 5.48 Å². The maximum absolute atomic E-state index is 2.40. The third-order valence-corrected chi connectivity index (χ3v) is 3.29. The molecule has 0 spiro atoms. The smallest absolute Gasteiger partial charge is 0.0414 e. The van der Waals surface area contributed by atoms with E-state index in [1.165, 1.54) is 38.5 Å². The van der Waals surface area contributed by atoms with Crippen molar-refractivity contribution in [2.45, 2.75) is 59.3 Å². The highest BCUT2D eigenvalue weighted by Crippen LogP contribution is 2.31. The largest absolute Gasteiger partial charge is 0.412 e. The van der Waals surface area contributed by atoms with Crippen molar-refractivity contribution in [3.05, 3.63) is 0 Å². The average molecular weight is 186 g/mol. The summed E-state index contributed by atoms with van der Waals surface area (Å²) in [5, 5.41) is 0. The molecule has 1 nitrogen and oxygen atoms in total. The molecule has 0 amide bonds. The second-order valence-corrected chi connectivity index (χ2v) is 5.10. The molecule has 0 aromatic carbocycles. The molecule has 2 N–H and O–H groups in total. The molecule has 0 aliphatic heterocycles. The van der Waals surface area contributed by atoms with Gasteiger partial charge in [-0.05, 0) is 17.8 Å². The standard InChI is InChI=1S/C12H24.H2O/c1-10(2)4-7-12-8-5-11(3)6-9-12;/h10-12H,4-9H2,1-3H3;1H2. The normalized spacial score (nSPS) is 28.6. The van der Waals surface area contributed by atoms with Crippen molar-refractivity contribution in [2.75, 3.05) is 0 Å². The van der Waals surface area contributed by atoms with Crippen molar-refractivity contribution in [1.29, 1.82) is 0 Å². The van der Waals surface area contributed by atoms with Crippen LogP contribution in [0.2, 0.25) is 0 Å². The molecule has 1 heteroatoms. The van der Waals surface area contributed by atoms with E-state index in [1.54, 1.807) is 0 Å². The number of hydrogen-bond acceptors (Lipinski definition) is 0. The fourth-order valence-electron chi connectivity index (χ4n) is 2.19. The van der Waals surface area contributed by atoms with Crippen molar-refractivity contribution in [3.8, 4) is 0 Å². The Morgan fingerprint density at radius 2 is 1.62 bits per heavy atom. The molecule has 0 aromatic rings.